The van der Waals surface area contributed by atoms with Crippen LogP contribution in [-0.4, -0.2) is 5.92 Å². The first-order chi connectivity index (χ1) is 4.68. The van der Waals surface area contributed by atoms with Crippen LogP contribution in [0.25, 0.3) is 0 Å². The Labute approximate surface area is 99.8 Å². The normalized spacial score (nSPS) is 14.3. The summed E-state index contributed by atoms with van der Waals surface area (Å²) in [5, 5.41) is 0. The maximum atomic E-state index is 2.49. The summed E-state index contributed by atoms with van der Waals surface area (Å²) in [6.45, 7) is 7.19. The monoisotopic (exact) mass is 300 g/mol. The van der Waals surface area contributed by atoms with Crippen LogP contribution in [0.5, 0.6) is 0 Å². The van der Waals surface area contributed by atoms with E-state index >= 15 is 0 Å². The van der Waals surface area contributed by atoms with Crippen LogP contribution < -0.4 is 0 Å². The van der Waals surface area contributed by atoms with E-state index < -0.39 is 0 Å². The second kappa shape index (κ2) is 7.55. The van der Waals surface area contributed by atoms with Gasteiger partial charge in [0, 0.05) is 0 Å². The van der Waals surface area contributed by atoms with Crippen molar-refractivity contribution in [1.29, 1.82) is 0 Å². The Bertz CT molecular complexity index is 187. The zero-order chi connectivity index (χ0) is 7.56. The average molecular weight is 302 g/mol. The molecule has 1 aliphatic rings. The van der Waals surface area contributed by atoms with Gasteiger partial charge in [-0.05, 0) is 0 Å². The van der Waals surface area contributed by atoms with E-state index in [0.717, 1.165) is 0 Å². The van der Waals surface area contributed by atoms with Gasteiger partial charge in [0.05, 0.1) is 0 Å². The van der Waals surface area contributed by atoms with Gasteiger partial charge in [-0.1, -0.05) is 0 Å². The van der Waals surface area contributed by atoms with Gasteiger partial charge < -0.3 is 0 Å². The molecule has 0 amide bonds. The third kappa shape index (κ3) is 5.75. The molecule has 0 spiro atoms. The molecular formula is C8H16Cl2SiZr. The topological polar surface area (TPSA) is 0 Å². The Balaban J connectivity index is 0. The van der Waals surface area contributed by atoms with E-state index in [1.807, 2.05) is 3.28 Å². The van der Waals surface area contributed by atoms with Crippen molar-refractivity contribution in [2.75, 3.05) is 0 Å². The Morgan fingerprint density at radius 2 is 1.92 bits per heavy atom. The molecule has 0 radical (unpaired) electrons. The Kier molecular flexibility index (Phi) is 9.83. The summed E-state index contributed by atoms with van der Waals surface area (Å²) in [5.41, 5.74) is 1.51. The third-order valence-corrected chi connectivity index (χ3v) is 10.3. The van der Waals surface area contributed by atoms with E-state index in [-0.39, 0.29) is 53.1 Å². The van der Waals surface area contributed by atoms with Crippen LogP contribution in [0.3, 0.4) is 0 Å². The largest absolute Gasteiger partial charge is 0.147 e. The van der Waals surface area contributed by atoms with Crippen molar-refractivity contribution in [2.24, 2.45) is 0 Å². The van der Waals surface area contributed by atoms with Gasteiger partial charge in [-0.15, -0.1) is 24.8 Å². The van der Waals surface area contributed by atoms with Gasteiger partial charge in [0.15, 0.2) is 0 Å². The van der Waals surface area contributed by atoms with E-state index in [4.69, 9.17) is 0 Å². The van der Waals surface area contributed by atoms with Gasteiger partial charge in [0.25, 0.3) is 0 Å². The molecule has 0 fully saturated rings. The molecule has 0 atom stereocenters. The fourth-order valence-electron chi connectivity index (χ4n) is 1.14. The summed E-state index contributed by atoms with van der Waals surface area (Å²) >= 11 is -0.0239. The van der Waals surface area contributed by atoms with Crippen molar-refractivity contribution in [1.82, 2.24) is 0 Å². The zero-order valence-corrected chi connectivity index (χ0v) is 13.0. The molecule has 0 aliphatic heterocycles. The Morgan fingerprint density at radius 1 is 1.33 bits per heavy atom. The predicted octanol–water partition coefficient (Wildman–Crippen LogP) is 3.13. The van der Waals surface area contributed by atoms with Gasteiger partial charge in [-0.3, -0.25) is 0 Å². The predicted molar refractivity (Wildman–Crippen MR) is 59.8 cm³/mol. The van der Waals surface area contributed by atoms with Crippen molar-refractivity contribution in [3.63, 3.8) is 0 Å². The molecule has 70 valence electrons. The maximum absolute atomic E-state index is 2.49. The minimum atomic E-state index is -0.183. The van der Waals surface area contributed by atoms with E-state index in [1.165, 1.54) is 12.0 Å². The molecule has 1 rings (SSSR count). The fourth-order valence-corrected chi connectivity index (χ4v) is 9.84. The van der Waals surface area contributed by atoms with E-state index in [1.54, 1.807) is 0 Å². The molecular weight excluding hydrogens is 286 g/mol. The van der Waals surface area contributed by atoms with Gasteiger partial charge >= 0.3 is 75.8 Å². The molecule has 0 heterocycles. The Hall–Kier alpha value is 1.16. The molecule has 0 aromatic carbocycles. The third-order valence-electron chi connectivity index (χ3n) is 1.52. The van der Waals surface area contributed by atoms with E-state index in [9.17, 15) is 0 Å². The van der Waals surface area contributed by atoms with E-state index in [0.29, 0.717) is 0 Å². The summed E-state index contributed by atoms with van der Waals surface area (Å²) < 4.78 is 1.84. The van der Waals surface area contributed by atoms with Crippen molar-refractivity contribution in [3.05, 3.63) is 21.0 Å². The summed E-state index contributed by atoms with van der Waals surface area (Å²) in [7, 11) is 0. The first-order valence-corrected chi connectivity index (χ1v) is 12.2. The van der Waals surface area contributed by atoms with E-state index in [2.05, 4.69) is 32.2 Å². The molecule has 1 aliphatic carbocycles. The van der Waals surface area contributed by atoms with Crippen molar-refractivity contribution in [2.45, 2.75) is 26.4 Å². The second-order valence-electron chi connectivity index (χ2n) is 3.12. The van der Waals surface area contributed by atoms with Crippen molar-refractivity contribution < 1.29 is 22.4 Å². The molecule has 0 unspecified atom stereocenters. The zero-order valence-electron chi connectivity index (χ0n) is 7.76. The molecule has 0 aromatic rings. The van der Waals surface area contributed by atoms with Crippen LogP contribution in [0.4, 0.5) is 0 Å². The molecule has 4 heteroatoms. The molecule has 0 saturated carbocycles. The molecule has 0 aromatic heterocycles. The smallest absolute Gasteiger partial charge is 0.147 e. The first kappa shape index (κ1) is 15.6. The molecule has 12 heavy (non-hydrogen) atoms. The van der Waals surface area contributed by atoms with Crippen LogP contribution >= 0.6 is 24.8 Å². The van der Waals surface area contributed by atoms with Crippen molar-refractivity contribution >= 4 is 30.7 Å². The summed E-state index contributed by atoms with van der Waals surface area (Å²) in [5.74, 6) is -0.183. The van der Waals surface area contributed by atoms with Crippen LogP contribution in [0.15, 0.2) is 21.0 Å². The standard InChI is InChI=1S/C6H7.C2H7Si.2ClH.Zr/c1-6-4-2-3-5-6;1-3-2;;;/h4-5H,2H2,1H3;3H,1-2H3;2*1H;. The van der Waals surface area contributed by atoms with Crippen LogP contribution in [0.1, 0.15) is 13.3 Å². The minimum absolute atomic E-state index is 0. The van der Waals surface area contributed by atoms with Gasteiger partial charge in [-0.2, -0.15) is 0 Å². The number of halogens is 2. The Morgan fingerprint density at radius 3 is 2.25 bits per heavy atom. The van der Waals surface area contributed by atoms with Crippen LogP contribution in [-0.2, 0) is 22.4 Å². The summed E-state index contributed by atoms with van der Waals surface area (Å²) in [6.07, 6.45) is 6.11. The van der Waals surface area contributed by atoms with Gasteiger partial charge in [-0.25, -0.2) is 0 Å². The molecule has 0 saturated heterocycles. The number of rotatable bonds is 2. The number of allylic oxidation sites excluding steroid dienone is 4. The number of hydrogen-bond donors (Lipinski definition) is 0. The summed E-state index contributed by atoms with van der Waals surface area (Å²) in [6, 6.07) is 0. The van der Waals surface area contributed by atoms with Gasteiger partial charge in [0.2, 0.25) is 0 Å². The van der Waals surface area contributed by atoms with Gasteiger partial charge in [0.1, 0.15) is 0 Å². The molecule has 0 N–H and O–H groups in total. The molecule has 0 nitrogen and oxygen atoms in total. The molecule has 0 bridgehead atoms. The second-order valence-corrected chi connectivity index (χ2v) is 17.9. The van der Waals surface area contributed by atoms with Crippen LogP contribution in [0, 0.1) is 0 Å². The number of hydrogen-bond acceptors (Lipinski definition) is 0. The first-order valence-electron chi connectivity index (χ1n) is 3.82. The SMILES string of the molecule is CC1=CC[C]([Zr][SiH](C)C)=C1.Cl.Cl. The van der Waals surface area contributed by atoms with Crippen molar-refractivity contribution in [3.8, 4) is 0 Å². The fraction of sp³-hybridized carbons (Fsp3) is 0.500. The quantitative estimate of drug-likeness (QED) is 0.688. The van der Waals surface area contributed by atoms with Crippen LogP contribution in [0.2, 0.25) is 13.1 Å². The minimum Gasteiger partial charge on any atom is -0.147 e. The average Bonchev–Trinajstić information content (AvgIpc) is 2.13. The maximum Gasteiger partial charge on any atom is -0.147 e. The summed E-state index contributed by atoms with van der Waals surface area (Å²) in [4.78, 5) is 0.